The topological polar surface area (TPSA) is 118 Å². The van der Waals surface area contributed by atoms with Crippen LogP contribution in [0.25, 0.3) is 0 Å². The number of amides is 1. The molecule has 72 valence electrons. The van der Waals surface area contributed by atoms with Gasteiger partial charge in [0, 0.05) is 6.42 Å². The molecule has 0 radical (unpaired) electrons. The predicted molar refractivity (Wildman–Crippen MR) is 36.6 cm³/mol. The maximum absolute atomic E-state index is 10.4. The zero-order valence-corrected chi connectivity index (χ0v) is 7.02. The Kier molecular flexibility index (Phi) is 4.36. The van der Waals surface area contributed by atoms with E-state index in [0.717, 1.165) is 0 Å². The molecule has 8 heteroatoms. The van der Waals surface area contributed by atoms with Gasteiger partial charge < -0.3 is 9.79 Å². The Hall–Kier alpha value is -0.460. The quantitative estimate of drug-likeness (QED) is 0.276. The van der Waals surface area contributed by atoms with Crippen LogP contribution in [0.2, 0.25) is 0 Å². The van der Waals surface area contributed by atoms with Gasteiger partial charge in [-0.3, -0.25) is 19.8 Å². The lowest BCUT2D eigenvalue weighted by molar-refractivity contribution is -0.285. The molecule has 0 aromatic carbocycles. The van der Waals surface area contributed by atoms with Crippen LogP contribution in [0.5, 0.6) is 0 Å². The summed E-state index contributed by atoms with van der Waals surface area (Å²) < 4.78 is 10.2. The Bertz CT molecular complexity index is 198. The maximum atomic E-state index is 10.4. The fourth-order valence-corrected chi connectivity index (χ4v) is 1.11. The van der Waals surface area contributed by atoms with E-state index in [2.05, 4.69) is 0 Å². The van der Waals surface area contributed by atoms with Crippen LogP contribution in [0.4, 0.5) is 0 Å². The van der Waals surface area contributed by atoms with E-state index in [9.17, 15) is 9.36 Å². The Morgan fingerprint density at radius 3 is 2.17 bits per heavy atom. The summed E-state index contributed by atoms with van der Waals surface area (Å²) in [7, 11) is -4.09. The van der Waals surface area contributed by atoms with Gasteiger partial charge in [0.15, 0.2) is 0 Å². The van der Waals surface area contributed by atoms with Gasteiger partial charge in [0.25, 0.3) is 5.91 Å². The standard InChI is InChI=1S/C4H10NO6P/c6-4(5(7)8)2-1-3-12(9,10)11/h7-8H,1-3H2,(H2,9,10,11). The third-order valence-corrected chi connectivity index (χ3v) is 1.96. The van der Waals surface area contributed by atoms with Gasteiger partial charge in [-0.25, -0.2) is 0 Å². The van der Waals surface area contributed by atoms with Crippen LogP contribution in [0.1, 0.15) is 12.8 Å². The summed E-state index contributed by atoms with van der Waals surface area (Å²) in [6, 6.07) is 0. The van der Waals surface area contributed by atoms with E-state index in [1.165, 1.54) is 0 Å². The number of rotatable bonds is 4. The van der Waals surface area contributed by atoms with Crippen molar-refractivity contribution in [2.24, 2.45) is 0 Å². The molecule has 0 rings (SSSR count). The molecule has 0 unspecified atom stereocenters. The Morgan fingerprint density at radius 1 is 1.33 bits per heavy atom. The van der Waals surface area contributed by atoms with E-state index in [1.54, 1.807) is 0 Å². The van der Waals surface area contributed by atoms with Crippen molar-refractivity contribution in [3.05, 3.63) is 0 Å². The average Bonchev–Trinajstić information content (AvgIpc) is 1.84. The largest absolute Gasteiger partial charge is 0.325 e. The Balaban J connectivity index is 3.58. The molecule has 0 aromatic heterocycles. The molecule has 4 N–H and O–H groups in total. The lowest BCUT2D eigenvalue weighted by Gasteiger charge is -2.05. The summed E-state index contributed by atoms with van der Waals surface area (Å²) in [6.45, 7) is 0. The molecule has 0 aliphatic rings. The maximum Gasteiger partial charge on any atom is 0.325 e. The van der Waals surface area contributed by atoms with Crippen molar-refractivity contribution >= 4 is 13.5 Å². The normalized spacial score (nSPS) is 11.3. The van der Waals surface area contributed by atoms with Crippen molar-refractivity contribution in [3.8, 4) is 0 Å². The summed E-state index contributed by atoms with van der Waals surface area (Å²) in [4.78, 5) is 27.1. The molecule has 0 atom stereocenters. The fourth-order valence-electron chi connectivity index (χ4n) is 0.536. The van der Waals surface area contributed by atoms with E-state index in [1.807, 2.05) is 0 Å². The minimum absolute atomic E-state index is 0.0826. The van der Waals surface area contributed by atoms with Crippen LogP contribution in [0, 0.1) is 0 Å². The van der Waals surface area contributed by atoms with E-state index < -0.39 is 24.9 Å². The first kappa shape index (κ1) is 11.5. The first-order chi connectivity index (χ1) is 5.33. The van der Waals surface area contributed by atoms with Gasteiger partial charge in [0.05, 0.1) is 6.16 Å². The molecule has 0 aliphatic heterocycles. The second-order valence-electron chi connectivity index (χ2n) is 2.18. The van der Waals surface area contributed by atoms with Gasteiger partial charge in [-0.05, 0) is 6.42 Å². The summed E-state index contributed by atoms with van der Waals surface area (Å²) in [6.07, 6.45) is -0.828. The van der Waals surface area contributed by atoms with Crippen LogP contribution >= 0.6 is 7.60 Å². The van der Waals surface area contributed by atoms with Crippen LogP contribution in [-0.4, -0.2) is 37.5 Å². The van der Waals surface area contributed by atoms with E-state index in [4.69, 9.17) is 20.2 Å². The highest BCUT2D eigenvalue weighted by molar-refractivity contribution is 7.51. The molecular formula is C4H10NO6P. The zero-order valence-electron chi connectivity index (χ0n) is 6.12. The molecule has 0 heterocycles. The molecular weight excluding hydrogens is 189 g/mol. The molecule has 0 saturated heterocycles. The van der Waals surface area contributed by atoms with E-state index in [-0.39, 0.29) is 12.8 Å². The molecule has 0 fully saturated rings. The molecule has 7 nitrogen and oxygen atoms in total. The lowest BCUT2D eigenvalue weighted by Crippen LogP contribution is -2.22. The van der Waals surface area contributed by atoms with Gasteiger partial charge in [-0.15, -0.1) is 0 Å². The summed E-state index contributed by atoms with van der Waals surface area (Å²) in [5.41, 5.74) is 0. The molecule has 0 aliphatic carbocycles. The predicted octanol–water partition coefficient (Wildman–Crippen LogP) is -0.449. The summed E-state index contributed by atoms with van der Waals surface area (Å²) in [5.74, 6) is -0.997. The first-order valence-corrected chi connectivity index (χ1v) is 4.88. The van der Waals surface area contributed by atoms with Crippen LogP contribution in [0.15, 0.2) is 0 Å². The second-order valence-corrected chi connectivity index (χ2v) is 3.95. The molecule has 12 heavy (non-hydrogen) atoms. The molecule has 0 aromatic rings. The third kappa shape index (κ3) is 6.26. The number of carbonyl (C=O) groups is 1. The SMILES string of the molecule is O=C(CCCP(=O)(O)O)N(O)O. The van der Waals surface area contributed by atoms with Crippen molar-refractivity contribution in [3.63, 3.8) is 0 Å². The number of hydrogen-bond donors (Lipinski definition) is 4. The summed E-state index contributed by atoms with van der Waals surface area (Å²) in [5, 5.41) is 15.6. The van der Waals surface area contributed by atoms with Crippen molar-refractivity contribution in [1.82, 2.24) is 5.23 Å². The summed E-state index contributed by atoms with van der Waals surface area (Å²) >= 11 is 0. The first-order valence-electron chi connectivity index (χ1n) is 3.08. The lowest BCUT2D eigenvalue weighted by atomic mass is 10.3. The van der Waals surface area contributed by atoms with Crippen molar-refractivity contribution in [2.75, 3.05) is 6.16 Å². The molecule has 0 spiro atoms. The minimum Gasteiger partial charge on any atom is -0.324 e. The second kappa shape index (κ2) is 4.54. The monoisotopic (exact) mass is 199 g/mol. The highest BCUT2D eigenvalue weighted by atomic mass is 31.2. The average molecular weight is 199 g/mol. The number of hydrogen-bond acceptors (Lipinski definition) is 4. The molecule has 0 saturated carbocycles. The van der Waals surface area contributed by atoms with Crippen molar-refractivity contribution < 1.29 is 29.6 Å². The number of carbonyl (C=O) groups excluding carboxylic acids is 1. The van der Waals surface area contributed by atoms with Gasteiger partial charge in [-0.2, -0.15) is 0 Å². The van der Waals surface area contributed by atoms with Gasteiger partial charge in [0.2, 0.25) is 0 Å². The van der Waals surface area contributed by atoms with Crippen LogP contribution in [-0.2, 0) is 9.36 Å². The molecule has 1 amide bonds. The Labute approximate surface area is 68.3 Å². The van der Waals surface area contributed by atoms with E-state index in [0.29, 0.717) is 0 Å². The van der Waals surface area contributed by atoms with Crippen molar-refractivity contribution in [2.45, 2.75) is 12.8 Å². The number of hydroxylamine groups is 2. The van der Waals surface area contributed by atoms with Gasteiger partial charge in [0.1, 0.15) is 0 Å². The highest BCUT2D eigenvalue weighted by Gasteiger charge is 2.14. The van der Waals surface area contributed by atoms with Crippen LogP contribution in [0.3, 0.4) is 0 Å². The van der Waals surface area contributed by atoms with Gasteiger partial charge >= 0.3 is 7.60 Å². The van der Waals surface area contributed by atoms with Crippen molar-refractivity contribution in [1.29, 1.82) is 0 Å². The van der Waals surface area contributed by atoms with E-state index >= 15 is 0 Å². The third-order valence-electron chi connectivity index (χ3n) is 1.06. The zero-order chi connectivity index (χ0) is 9.78. The highest BCUT2D eigenvalue weighted by Crippen LogP contribution is 2.35. The smallest absolute Gasteiger partial charge is 0.324 e. The van der Waals surface area contributed by atoms with Gasteiger partial charge in [-0.1, -0.05) is 5.23 Å². The Morgan fingerprint density at radius 2 is 1.83 bits per heavy atom. The number of nitrogens with zero attached hydrogens (tertiary/aromatic N) is 1. The fraction of sp³-hybridized carbons (Fsp3) is 0.750. The van der Waals surface area contributed by atoms with Crippen LogP contribution < -0.4 is 0 Å². The minimum atomic E-state index is -4.09. The molecule has 0 bridgehead atoms.